The molecule has 0 bridgehead atoms. The summed E-state index contributed by atoms with van der Waals surface area (Å²) in [6.45, 7) is 2.56. The number of rotatable bonds is 2. The molecule has 0 fully saturated rings. The molecular weight excluding hydrogens is 315 g/mol. The molecule has 4 heteroatoms. The van der Waals surface area contributed by atoms with E-state index in [4.69, 9.17) is 0 Å². The minimum Gasteiger partial charge on any atom is -0.268 e. The van der Waals surface area contributed by atoms with Gasteiger partial charge in [0.25, 0.3) is 5.56 Å². The van der Waals surface area contributed by atoms with Gasteiger partial charge in [0.15, 0.2) is 0 Å². The first kappa shape index (κ1) is 11.3. The van der Waals surface area contributed by atoms with Crippen molar-refractivity contribution in [3.8, 4) is 0 Å². The van der Waals surface area contributed by atoms with E-state index < -0.39 is 0 Å². The molecule has 2 aromatic rings. The van der Waals surface area contributed by atoms with Gasteiger partial charge in [-0.1, -0.05) is 29.8 Å². The third-order valence-electron chi connectivity index (χ3n) is 2.29. The highest BCUT2D eigenvalue weighted by atomic mass is 127. The van der Waals surface area contributed by atoms with Crippen LogP contribution in [0.2, 0.25) is 0 Å². The zero-order valence-electron chi connectivity index (χ0n) is 8.85. The number of nitrogens with zero attached hydrogens (tertiary/aromatic N) is 2. The molecule has 0 aliphatic rings. The van der Waals surface area contributed by atoms with Crippen LogP contribution < -0.4 is 5.56 Å². The van der Waals surface area contributed by atoms with Crippen LogP contribution >= 0.6 is 22.6 Å². The van der Waals surface area contributed by atoms with Gasteiger partial charge in [-0.25, -0.2) is 4.68 Å². The average Bonchev–Trinajstić information content (AvgIpc) is 2.25. The Morgan fingerprint density at radius 1 is 1.31 bits per heavy atom. The average molecular weight is 326 g/mol. The molecule has 0 aliphatic heterocycles. The molecule has 1 heterocycles. The maximum Gasteiger partial charge on any atom is 0.268 e. The summed E-state index contributed by atoms with van der Waals surface area (Å²) in [6.07, 6.45) is 1.69. The highest BCUT2D eigenvalue weighted by molar-refractivity contribution is 14.1. The summed E-state index contributed by atoms with van der Waals surface area (Å²) < 4.78 is 2.33. The van der Waals surface area contributed by atoms with Crippen molar-refractivity contribution in [3.05, 3.63) is 61.6 Å². The number of benzene rings is 1. The van der Waals surface area contributed by atoms with E-state index in [1.165, 1.54) is 10.2 Å². The maximum atomic E-state index is 11.6. The van der Waals surface area contributed by atoms with E-state index in [0.717, 1.165) is 9.13 Å². The molecule has 0 saturated carbocycles. The van der Waals surface area contributed by atoms with E-state index in [0.29, 0.717) is 6.54 Å². The minimum absolute atomic E-state index is 0.0625. The predicted octanol–water partition coefficient (Wildman–Crippen LogP) is 2.20. The van der Waals surface area contributed by atoms with Gasteiger partial charge in [0.1, 0.15) is 0 Å². The second kappa shape index (κ2) is 4.78. The van der Waals surface area contributed by atoms with Crippen LogP contribution in [-0.2, 0) is 6.54 Å². The fourth-order valence-corrected chi connectivity index (χ4v) is 1.79. The van der Waals surface area contributed by atoms with E-state index in [9.17, 15) is 4.79 Å². The lowest BCUT2D eigenvalue weighted by atomic mass is 10.1. The highest BCUT2D eigenvalue weighted by Gasteiger charge is 1.99. The molecule has 1 aromatic heterocycles. The Kier molecular flexibility index (Phi) is 3.38. The van der Waals surface area contributed by atoms with Crippen LogP contribution in [0.15, 0.2) is 41.3 Å². The first-order valence-corrected chi connectivity index (χ1v) is 6.01. The lowest BCUT2D eigenvalue weighted by Crippen LogP contribution is -2.22. The van der Waals surface area contributed by atoms with Crippen LogP contribution in [0, 0.1) is 10.5 Å². The standard InChI is InChI=1S/C12H11IN2O/c1-9-2-4-10(5-3-9)8-15-12(16)6-11(13)7-14-15/h2-7H,8H2,1H3. The smallest absolute Gasteiger partial charge is 0.268 e. The van der Waals surface area contributed by atoms with Crippen molar-refractivity contribution in [2.45, 2.75) is 13.5 Å². The van der Waals surface area contributed by atoms with Crippen LogP contribution in [0.3, 0.4) is 0 Å². The third kappa shape index (κ3) is 2.69. The van der Waals surface area contributed by atoms with Gasteiger partial charge in [-0.05, 0) is 35.1 Å². The number of aromatic nitrogens is 2. The molecule has 0 atom stereocenters. The van der Waals surface area contributed by atoms with E-state index in [1.54, 1.807) is 12.3 Å². The van der Waals surface area contributed by atoms with Crippen molar-refractivity contribution in [1.29, 1.82) is 0 Å². The summed E-state index contributed by atoms with van der Waals surface area (Å²) in [4.78, 5) is 11.6. The predicted molar refractivity (Wildman–Crippen MR) is 71.5 cm³/mol. The summed E-state index contributed by atoms with van der Waals surface area (Å²) >= 11 is 2.08. The Bertz CT molecular complexity index is 546. The Balaban J connectivity index is 2.27. The van der Waals surface area contributed by atoms with Crippen molar-refractivity contribution in [3.63, 3.8) is 0 Å². The van der Waals surface area contributed by atoms with Crippen LogP contribution in [0.1, 0.15) is 11.1 Å². The normalized spacial score (nSPS) is 10.4. The highest BCUT2D eigenvalue weighted by Crippen LogP contribution is 2.04. The third-order valence-corrected chi connectivity index (χ3v) is 2.88. The van der Waals surface area contributed by atoms with E-state index in [2.05, 4.69) is 27.7 Å². The largest absolute Gasteiger partial charge is 0.268 e. The van der Waals surface area contributed by atoms with Crippen molar-refractivity contribution in [2.24, 2.45) is 0 Å². The zero-order chi connectivity index (χ0) is 11.5. The second-order valence-corrected chi connectivity index (χ2v) is 4.90. The van der Waals surface area contributed by atoms with Crippen molar-refractivity contribution in [1.82, 2.24) is 9.78 Å². The van der Waals surface area contributed by atoms with Crippen molar-refractivity contribution in [2.75, 3.05) is 0 Å². The monoisotopic (exact) mass is 326 g/mol. The van der Waals surface area contributed by atoms with Gasteiger partial charge < -0.3 is 0 Å². The SMILES string of the molecule is Cc1ccc(Cn2ncc(I)cc2=O)cc1. The molecule has 0 radical (unpaired) electrons. The molecule has 0 N–H and O–H groups in total. The lowest BCUT2D eigenvalue weighted by Gasteiger charge is -2.04. The van der Waals surface area contributed by atoms with Crippen LogP contribution in [0.25, 0.3) is 0 Å². The Labute approximate surface area is 107 Å². The second-order valence-electron chi connectivity index (χ2n) is 3.66. The molecule has 0 aliphatic carbocycles. The van der Waals surface area contributed by atoms with E-state index in [1.807, 2.05) is 31.2 Å². The van der Waals surface area contributed by atoms with Crippen molar-refractivity contribution < 1.29 is 0 Å². The molecule has 0 amide bonds. The van der Waals surface area contributed by atoms with Gasteiger partial charge in [0, 0.05) is 9.64 Å². The fraction of sp³-hybridized carbons (Fsp3) is 0.167. The van der Waals surface area contributed by atoms with Gasteiger partial charge in [-0.3, -0.25) is 4.79 Å². The quantitative estimate of drug-likeness (QED) is 0.793. The lowest BCUT2D eigenvalue weighted by molar-refractivity contribution is 0.636. The number of halogens is 1. The van der Waals surface area contributed by atoms with Gasteiger partial charge in [0.2, 0.25) is 0 Å². The molecule has 0 spiro atoms. The maximum absolute atomic E-state index is 11.6. The first-order valence-electron chi connectivity index (χ1n) is 4.93. The Morgan fingerprint density at radius 2 is 2.00 bits per heavy atom. The summed E-state index contributed by atoms with van der Waals surface area (Å²) in [5.41, 5.74) is 2.24. The molecule has 0 unspecified atom stereocenters. The van der Waals surface area contributed by atoms with E-state index in [-0.39, 0.29) is 5.56 Å². The zero-order valence-corrected chi connectivity index (χ0v) is 11.0. The molecule has 3 nitrogen and oxygen atoms in total. The number of aryl methyl sites for hydroxylation is 1. The molecule has 0 saturated heterocycles. The first-order chi connectivity index (χ1) is 7.65. The molecular formula is C12H11IN2O. The topological polar surface area (TPSA) is 34.9 Å². The minimum atomic E-state index is -0.0625. The molecule has 16 heavy (non-hydrogen) atoms. The number of hydrogen-bond acceptors (Lipinski definition) is 2. The van der Waals surface area contributed by atoms with Crippen LogP contribution in [0.5, 0.6) is 0 Å². The van der Waals surface area contributed by atoms with Gasteiger partial charge >= 0.3 is 0 Å². The molecule has 2 rings (SSSR count). The van der Waals surface area contributed by atoms with Crippen LogP contribution in [-0.4, -0.2) is 9.78 Å². The summed E-state index contributed by atoms with van der Waals surface area (Å²) in [5, 5.41) is 4.09. The Hall–Kier alpha value is -1.17. The van der Waals surface area contributed by atoms with Gasteiger partial charge in [-0.2, -0.15) is 5.10 Å². The summed E-state index contributed by atoms with van der Waals surface area (Å²) in [7, 11) is 0. The van der Waals surface area contributed by atoms with Crippen molar-refractivity contribution >= 4 is 22.6 Å². The van der Waals surface area contributed by atoms with E-state index >= 15 is 0 Å². The van der Waals surface area contributed by atoms with Gasteiger partial charge in [0.05, 0.1) is 12.7 Å². The summed E-state index contributed by atoms with van der Waals surface area (Å²) in [5.74, 6) is 0. The summed E-state index contributed by atoms with van der Waals surface area (Å²) in [6, 6.07) is 9.69. The van der Waals surface area contributed by atoms with Crippen LogP contribution in [0.4, 0.5) is 0 Å². The fourth-order valence-electron chi connectivity index (χ4n) is 1.40. The molecule has 1 aromatic carbocycles. The van der Waals surface area contributed by atoms with Gasteiger partial charge in [-0.15, -0.1) is 0 Å². The number of hydrogen-bond donors (Lipinski definition) is 0. The molecule has 82 valence electrons. The Morgan fingerprint density at radius 3 is 2.62 bits per heavy atom.